The van der Waals surface area contributed by atoms with Crippen molar-refractivity contribution in [2.75, 3.05) is 11.6 Å². The number of anilines is 1. The molecule has 0 aliphatic rings. The van der Waals surface area contributed by atoms with Crippen LogP contribution in [0.1, 0.15) is 12.5 Å². The minimum atomic E-state index is -3.42. The molecule has 0 heterocycles. The van der Waals surface area contributed by atoms with E-state index in [9.17, 15) is 18.0 Å². The van der Waals surface area contributed by atoms with E-state index in [0.29, 0.717) is 22.4 Å². The third-order valence-electron chi connectivity index (χ3n) is 4.95. The molecule has 3 amide bonds. The zero-order chi connectivity index (χ0) is 22.6. The number of para-hydroxylation sites is 1. The van der Waals surface area contributed by atoms with Gasteiger partial charge in [-0.25, -0.2) is 13.2 Å². The van der Waals surface area contributed by atoms with Gasteiger partial charge < -0.3 is 16.4 Å². The second kappa shape index (κ2) is 8.61. The van der Waals surface area contributed by atoms with Gasteiger partial charge in [0.2, 0.25) is 5.91 Å². The van der Waals surface area contributed by atoms with E-state index >= 15 is 0 Å². The summed E-state index contributed by atoms with van der Waals surface area (Å²) in [6.07, 6.45) is 1.15. The summed E-state index contributed by atoms with van der Waals surface area (Å²) in [7, 11) is -3.42. The van der Waals surface area contributed by atoms with Crippen LogP contribution in [0.15, 0.2) is 83.8 Å². The van der Waals surface area contributed by atoms with Gasteiger partial charge >= 0.3 is 6.03 Å². The largest absolute Gasteiger partial charge is 0.367 e. The van der Waals surface area contributed by atoms with Gasteiger partial charge in [0.15, 0.2) is 9.84 Å². The molecule has 0 bridgehead atoms. The van der Waals surface area contributed by atoms with Crippen molar-refractivity contribution in [2.24, 2.45) is 5.73 Å². The Bertz CT molecular complexity index is 1210. The Balaban J connectivity index is 1.90. The summed E-state index contributed by atoms with van der Waals surface area (Å²) < 4.78 is 24.2. The van der Waals surface area contributed by atoms with Crippen molar-refractivity contribution in [1.29, 1.82) is 0 Å². The van der Waals surface area contributed by atoms with Crippen LogP contribution in [-0.2, 0) is 20.2 Å². The van der Waals surface area contributed by atoms with Gasteiger partial charge in [0, 0.05) is 17.5 Å². The van der Waals surface area contributed by atoms with Crippen LogP contribution in [0.25, 0.3) is 11.1 Å². The molecule has 31 heavy (non-hydrogen) atoms. The summed E-state index contributed by atoms with van der Waals surface area (Å²) in [5.41, 5.74) is 6.37. The predicted molar refractivity (Wildman–Crippen MR) is 120 cm³/mol. The summed E-state index contributed by atoms with van der Waals surface area (Å²) in [6, 6.07) is 21.6. The Hall–Kier alpha value is -3.65. The number of benzene rings is 3. The highest BCUT2D eigenvalue weighted by Gasteiger charge is 2.35. The zero-order valence-corrected chi connectivity index (χ0v) is 17.9. The molecule has 8 heteroatoms. The van der Waals surface area contributed by atoms with Gasteiger partial charge in [-0.05, 0) is 36.2 Å². The number of hydrogen-bond acceptors (Lipinski definition) is 4. The summed E-state index contributed by atoms with van der Waals surface area (Å²) in [6.45, 7) is 1.51. The number of primary amides is 1. The summed E-state index contributed by atoms with van der Waals surface area (Å²) in [5.74, 6) is -0.736. The number of carbonyl (C=O) groups excluding carboxylic acids is 2. The van der Waals surface area contributed by atoms with Crippen LogP contribution >= 0.6 is 0 Å². The molecule has 0 radical (unpaired) electrons. The number of nitrogens with one attached hydrogen (secondary N) is 2. The molecule has 3 rings (SSSR count). The number of nitrogens with two attached hydrogens (primary N) is 1. The Kier molecular flexibility index (Phi) is 6.12. The lowest BCUT2D eigenvalue weighted by atomic mass is 9.90. The average Bonchev–Trinajstić information content (AvgIpc) is 2.73. The van der Waals surface area contributed by atoms with E-state index in [1.807, 2.05) is 6.07 Å². The molecule has 160 valence electrons. The third-order valence-corrected chi connectivity index (χ3v) is 6.10. The Morgan fingerprint density at radius 3 is 2.03 bits per heavy atom. The molecule has 0 aliphatic carbocycles. The lowest BCUT2D eigenvalue weighted by Gasteiger charge is -2.28. The Morgan fingerprint density at radius 2 is 1.45 bits per heavy atom. The second-order valence-corrected chi connectivity index (χ2v) is 9.26. The van der Waals surface area contributed by atoms with Gasteiger partial charge in [-0.1, -0.05) is 60.7 Å². The van der Waals surface area contributed by atoms with Gasteiger partial charge in [-0.15, -0.1) is 0 Å². The quantitative estimate of drug-likeness (QED) is 0.548. The standard InChI is InChI=1S/C23H23N3O4S/c1-23(21(24)27,26-22(28)25-18-8-4-3-5-9-18)17-14-12-16(13-15-17)19-10-6-7-11-20(19)31(2,29)30/h3-15H,1-2H3,(H2,24,27)(H2,25,26,28). The van der Waals surface area contributed by atoms with Crippen LogP contribution in [-0.4, -0.2) is 26.6 Å². The first-order chi connectivity index (χ1) is 14.6. The van der Waals surface area contributed by atoms with Crippen molar-refractivity contribution in [3.05, 3.63) is 84.4 Å². The smallest absolute Gasteiger partial charge is 0.320 e. The number of hydrogen-bond donors (Lipinski definition) is 3. The van der Waals surface area contributed by atoms with E-state index < -0.39 is 27.3 Å². The topological polar surface area (TPSA) is 118 Å². The van der Waals surface area contributed by atoms with E-state index in [0.717, 1.165) is 6.26 Å². The van der Waals surface area contributed by atoms with E-state index in [2.05, 4.69) is 10.6 Å². The highest BCUT2D eigenvalue weighted by atomic mass is 32.2. The molecule has 0 spiro atoms. The van der Waals surface area contributed by atoms with Crippen LogP contribution < -0.4 is 16.4 Å². The van der Waals surface area contributed by atoms with E-state index in [1.165, 1.54) is 6.92 Å². The number of sulfone groups is 1. The molecule has 3 aromatic carbocycles. The number of amides is 3. The van der Waals surface area contributed by atoms with Crippen LogP contribution in [0.2, 0.25) is 0 Å². The van der Waals surface area contributed by atoms with Gasteiger partial charge in [-0.3, -0.25) is 4.79 Å². The van der Waals surface area contributed by atoms with Crippen molar-refractivity contribution in [3.8, 4) is 11.1 Å². The fourth-order valence-corrected chi connectivity index (χ4v) is 4.11. The molecular formula is C23H23N3O4S. The maximum absolute atomic E-state index is 12.5. The monoisotopic (exact) mass is 437 g/mol. The van der Waals surface area contributed by atoms with E-state index in [-0.39, 0.29) is 4.90 Å². The van der Waals surface area contributed by atoms with Gasteiger partial charge in [-0.2, -0.15) is 0 Å². The first-order valence-corrected chi connectivity index (χ1v) is 11.3. The maximum Gasteiger partial charge on any atom is 0.320 e. The van der Waals surface area contributed by atoms with Crippen LogP contribution in [0.4, 0.5) is 10.5 Å². The molecule has 0 saturated heterocycles. The lowest BCUT2D eigenvalue weighted by molar-refractivity contribution is -0.123. The number of rotatable bonds is 6. The summed E-state index contributed by atoms with van der Waals surface area (Å²) in [5, 5.41) is 5.29. The molecular weight excluding hydrogens is 414 g/mol. The molecule has 0 saturated carbocycles. The van der Waals surface area contributed by atoms with Gasteiger partial charge in [0.1, 0.15) is 5.54 Å². The van der Waals surface area contributed by atoms with E-state index in [4.69, 9.17) is 5.73 Å². The molecule has 1 unspecified atom stereocenters. The van der Waals surface area contributed by atoms with Crippen molar-refractivity contribution < 1.29 is 18.0 Å². The fourth-order valence-electron chi connectivity index (χ4n) is 3.20. The van der Waals surface area contributed by atoms with Crippen molar-refractivity contribution in [1.82, 2.24) is 5.32 Å². The molecule has 0 aromatic heterocycles. The zero-order valence-electron chi connectivity index (χ0n) is 17.1. The molecule has 1 atom stereocenters. The second-order valence-electron chi connectivity index (χ2n) is 7.28. The molecule has 0 aliphatic heterocycles. The molecule has 4 N–H and O–H groups in total. The summed E-state index contributed by atoms with van der Waals surface area (Å²) >= 11 is 0. The number of urea groups is 1. The fraction of sp³-hybridized carbons (Fsp3) is 0.130. The van der Waals surface area contributed by atoms with Crippen LogP contribution in [0.5, 0.6) is 0 Å². The molecule has 0 fully saturated rings. The Labute approximate surface area is 181 Å². The Morgan fingerprint density at radius 1 is 0.871 bits per heavy atom. The number of carbonyl (C=O) groups is 2. The van der Waals surface area contributed by atoms with Crippen molar-refractivity contribution >= 4 is 27.5 Å². The van der Waals surface area contributed by atoms with Gasteiger partial charge in [0.25, 0.3) is 0 Å². The molecule has 3 aromatic rings. The maximum atomic E-state index is 12.5. The first kappa shape index (κ1) is 22.0. The van der Waals surface area contributed by atoms with Crippen molar-refractivity contribution in [3.63, 3.8) is 0 Å². The minimum absolute atomic E-state index is 0.209. The van der Waals surface area contributed by atoms with Crippen molar-refractivity contribution in [2.45, 2.75) is 17.4 Å². The predicted octanol–water partition coefficient (Wildman–Crippen LogP) is 3.28. The van der Waals surface area contributed by atoms with Crippen LogP contribution in [0, 0.1) is 0 Å². The van der Waals surface area contributed by atoms with Gasteiger partial charge in [0.05, 0.1) is 4.90 Å². The highest BCUT2D eigenvalue weighted by Crippen LogP contribution is 2.29. The summed E-state index contributed by atoms with van der Waals surface area (Å²) in [4.78, 5) is 24.9. The van der Waals surface area contributed by atoms with E-state index in [1.54, 1.807) is 72.8 Å². The normalized spacial score (nSPS) is 13.1. The lowest BCUT2D eigenvalue weighted by Crippen LogP contribution is -2.53. The average molecular weight is 438 g/mol. The third kappa shape index (κ3) is 4.92. The van der Waals surface area contributed by atoms with Crippen LogP contribution in [0.3, 0.4) is 0 Å². The first-order valence-electron chi connectivity index (χ1n) is 9.45. The minimum Gasteiger partial charge on any atom is -0.367 e. The SMILES string of the molecule is CC(NC(=O)Nc1ccccc1)(C(N)=O)c1ccc(-c2ccccc2S(C)(=O)=O)cc1. The highest BCUT2D eigenvalue weighted by molar-refractivity contribution is 7.90. The molecule has 7 nitrogen and oxygen atoms in total.